The minimum absolute atomic E-state index is 0.0914. The number of aromatic nitrogens is 3. The molecule has 1 heterocycles. The van der Waals surface area contributed by atoms with Crippen LogP contribution in [0.1, 0.15) is 22.8 Å². The number of ketones is 1. The third-order valence-corrected chi connectivity index (χ3v) is 4.36. The maximum atomic E-state index is 12.2. The van der Waals surface area contributed by atoms with E-state index in [0.717, 1.165) is 17.7 Å². The lowest BCUT2D eigenvalue weighted by molar-refractivity contribution is 0.102. The zero-order valence-electron chi connectivity index (χ0n) is 12.8. The predicted octanol–water partition coefficient (Wildman–Crippen LogP) is 3.80. The van der Waals surface area contributed by atoms with Gasteiger partial charge in [0.25, 0.3) is 0 Å². The van der Waals surface area contributed by atoms with Crippen LogP contribution in [0.3, 0.4) is 0 Å². The first-order valence-electron chi connectivity index (χ1n) is 7.48. The molecule has 4 nitrogen and oxygen atoms in total. The van der Waals surface area contributed by atoms with E-state index in [-0.39, 0.29) is 5.78 Å². The number of hydrogen-bond donors (Lipinski definition) is 0. The number of benzene rings is 2. The van der Waals surface area contributed by atoms with Gasteiger partial charge in [-0.2, -0.15) is 0 Å². The second kappa shape index (κ2) is 7.24. The third kappa shape index (κ3) is 3.87. The van der Waals surface area contributed by atoms with E-state index < -0.39 is 0 Å². The van der Waals surface area contributed by atoms with Crippen LogP contribution >= 0.6 is 11.8 Å². The minimum atomic E-state index is 0.0914. The Bertz CT molecular complexity index is 782. The van der Waals surface area contributed by atoms with Crippen LogP contribution in [0, 0.1) is 0 Å². The summed E-state index contributed by atoms with van der Waals surface area (Å²) in [6, 6.07) is 17.6. The van der Waals surface area contributed by atoms with E-state index in [0.29, 0.717) is 10.9 Å². The van der Waals surface area contributed by atoms with Gasteiger partial charge >= 0.3 is 0 Å². The molecule has 0 aliphatic rings. The Morgan fingerprint density at radius 2 is 1.83 bits per heavy atom. The summed E-state index contributed by atoms with van der Waals surface area (Å²) in [7, 11) is 0. The molecule has 116 valence electrons. The fraction of sp³-hybridized carbons (Fsp3) is 0.167. The Labute approximate surface area is 139 Å². The molecular weight excluding hydrogens is 306 g/mol. The van der Waals surface area contributed by atoms with Gasteiger partial charge in [0.15, 0.2) is 5.78 Å². The van der Waals surface area contributed by atoms with Gasteiger partial charge in [-0.3, -0.25) is 4.79 Å². The summed E-state index contributed by atoms with van der Waals surface area (Å²) in [6.07, 6.45) is 2.64. The molecule has 0 spiro atoms. The lowest BCUT2D eigenvalue weighted by Gasteiger charge is -2.01. The molecule has 1 aromatic heterocycles. The second-order valence-corrected chi connectivity index (χ2v) is 6.01. The summed E-state index contributed by atoms with van der Waals surface area (Å²) in [5.74, 6) is 0.429. The number of Topliss-reactive ketones (excluding diaryl/α,β-unsaturated/α-hetero) is 1. The van der Waals surface area contributed by atoms with Crippen LogP contribution in [0.2, 0.25) is 0 Å². The molecule has 0 amide bonds. The Kier molecular flexibility index (Phi) is 4.88. The number of carbonyl (C=O) groups is 1. The first-order chi connectivity index (χ1) is 11.3. The summed E-state index contributed by atoms with van der Waals surface area (Å²) in [6.45, 7) is 2.10. The van der Waals surface area contributed by atoms with Gasteiger partial charge in [0, 0.05) is 5.56 Å². The van der Waals surface area contributed by atoms with E-state index in [1.807, 2.05) is 54.6 Å². The standard InChI is InChI=1S/C18H17N3OS/c1-2-14-8-10-15(11-9-14)17(22)12-23-18-19-13-21(20-18)16-6-4-3-5-7-16/h3-11,13H,2,12H2,1H3. The first-order valence-corrected chi connectivity index (χ1v) is 8.47. The maximum absolute atomic E-state index is 12.2. The van der Waals surface area contributed by atoms with Crippen LogP contribution in [0.4, 0.5) is 0 Å². The molecule has 0 atom stereocenters. The number of para-hydroxylation sites is 1. The van der Waals surface area contributed by atoms with Gasteiger partial charge < -0.3 is 0 Å². The topological polar surface area (TPSA) is 47.8 Å². The molecule has 0 unspecified atom stereocenters. The van der Waals surface area contributed by atoms with Gasteiger partial charge in [0.05, 0.1) is 11.4 Å². The van der Waals surface area contributed by atoms with E-state index in [9.17, 15) is 4.79 Å². The summed E-state index contributed by atoms with van der Waals surface area (Å²) in [5.41, 5.74) is 2.92. The average Bonchev–Trinajstić information content (AvgIpc) is 3.09. The van der Waals surface area contributed by atoms with Crippen LogP contribution in [0.15, 0.2) is 66.1 Å². The number of thioether (sulfide) groups is 1. The van der Waals surface area contributed by atoms with E-state index >= 15 is 0 Å². The van der Waals surface area contributed by atoms with Crippen LogP contribution < -0.4 is 0 Å². The van der Waals surface area contributed by atoms with Crippen LogP contribution in [-0.4, -0.2) is 26.3 Å². The van der Waals surface area contributed by atoms with E-state index in [1.54, 1.807) is 11.0 Å². The van der Waals surface area contributed by atoms with Gasteiger partial charge in [-0.1, -0.05) is 61.2 Å². The van der Waals surface area contributed by atoms with Crippen molar-refractivity contribution in [1.29, 1.82) is 0 Å². The maximum Gasteiger partial charge on any atom is 0.209 e. The fourth-order valence-corrected chi connectivity index (χ4v) is 2.85. The fourth-order valence-electron chi connectivity index (χ4n) is 2.16. The van der Waals surface area contributed by atoms with Crippen LogP contribution in [-0.2, 0) is 6.42 Å². The number of carbonyl (C=O) groups excluding carboxylic acids is 1. The van der Waals surface area contributed by atoms with Gasteiger partial charge in [0.1, 0.15) is 6.33 Å². The minimum Gasteiger partial charge on any atom is -0.293 e. The van der Waals surface area contributed by atoms with E-state index in [1.165, 1.54) is 17.3 Å². The van der Waals surface area contributed by atoms with Crippen LogP contribution in [0.25, 0.3) is 5.69 Å². The smallest absolute Gasteiger partial charge is 0.209 e. The molecule has 0 N–H and O–H groups in total. The van der Waals surface area contributed by atoms with Crippen molar-refractivity contribution in [3.05, 3.63) is 72.1 Å². The van der Waals surface area contributed by atoms with E-state index in [2.05, 4.69) is 17.0 Å². The molecule has 0 saturated carbocycles. The lowest BCUT2D eigenvalue weighted by Crippen LogP contribution is -2.03. The molecular formula is C18H17N3OS. The van der Waals surface area contributed by atoms with Crippen molar-refractivity contribution in [3.63, 3.8) is 0 Å². The molecule has 23 heavy (non-hydrogen) atoms. The molecule has 0 aliphatic carbocycles. The monoisotopic (exact) mass is 323 g/mol. The molecule has 0 saturated heterocycles. The number of nitrogens with zero attached hydrogens (tertiary/aromatic N) is 3. The van der Waals surface area contributed by atoms with Crippen LogP contribution in [0.5, 0.6) is 0 Å². The molecule has 0 fully saturated rings. The number of hydrogen-bond acceptors (Lipinski definition) is 4. The molecule has 3 rings (SSSR count). The Morgan fingerprint density at radius 3 is 2.52 bits per heavy atom. The summed E-state index contributed by atoms with van der Waals surface area (Å²) < 4.78 is 1.71. The van der Waals surface area contributed by atoms with Crippen molar-refractivity contribution < 1.29 is 4.79 Å². The quantitative estimate of drug-likeness (QED) is 0.511. The van der Waals surface area contributed by atoms with Crippen molar-refractivity contribution in [2.24, 2.45) is 0 Å². The molecule has 2 aromatic carbocycles. The SMILES string of the molecule is CCc1ccc(C(=O)CSc2ncn(-c3ccccc3)n2)cc1. The Hall–Kier alpha value is -2.40. The highest BCUT2D eigenvalue weighted by Gasteiger charge is 2.09. The highest BCUT2D eigenvalue weighted by molar-refractivity contribution is 7.99. The molecule has 5 heteroatoms. The number of aryl methyl sites for hydroxylation is 1. The largest absolute Gasteiger partial charge is 0.293 e. The summed E-state index contributed by atoms with van der Waals surface area (Å²) in [4.78, 5) is 16.5. The Morgan fingerprint density at radius 1 is 1.09 bits per heavy atom. The zero-order chi connectivity index (χ0) is 16.1. The van der Waals surface area contributed by atoms with E-state index in [4.69, 9.17) is 0 Å². The van der Waals surface area contributed by atoms with Crippen molar-refractivity contribution in [2.45, 2.75) is 18.5 Å². The Balaban J connectivity index is 1.62. The van der Waals surface area contributed by atoms with Gasteiger partial charge in [0.2, 0.25) is 5.16 Å². The highest BCUT2D eigenvalue weighted by Crippen LogP contribution is 2.16. The normalized spacial score (nSPS) is 10.7. The first kappa shape index (κ1) is 15.5. The molecule has 0 radical (unpaired) electrons. The summed E-state index contributed by atoms with van der Waals surface area (Å²) >= 11 is 1.36. The van der Waals surface area contributed by atoms with Crippen molar-refractivity contribution in [3.8, 4) is 5.69 Å². The van der Waals surface area contributed by atoms with Gasteiger partial charge in [-0.15, -0.1) is 5.10 Å². The lowest BCUT2D eigenvalue weighted by atomic mass is 10.1. The second-order valence-electron chi connectivity index (χ2n) is 5.07. The zero-order valence-corrected chi connectivity index (χ0v) is 13.7. The molecule has 0 aliphatic heterocycles. The average molecular weight is 323 g/mol. The van der Waals surface area contributed by atoms with Gasteiger partial charge in [-0.05, 0) is 24.1 Å². The summed E-state index contributed by atoms with van der Waals surface area (Å²) in [5, 5.41) is 4.99. The highest BCUT2D eigenvalue weighted by atomic mass is 32.2. The molecule has 0 bridgehead atoms. The molecule has 3 aromatic rings. The van der Waals surface area contributed by atoms with Crippen molar-refractivity contribution >= 4 is 17.5 Å². The van der Waals surface area contributed by atoms with Gasteiger partial charge in [-0.25, -0.2) is 9.67 Å². The predicted molar refractivity (Wildman–Crippen MR) is 92.2 cm³/mol. The van der Waals surface area contributed by atoms with Crippen molar-refractivity contribution in [1.82, 2.24) is 14.8 Å². The van der Waals surface area contributed by atoms with Crippen molar-refractivity contribution in [2.75, 3.05) is 5.75 Å². The number of rotatable bonds is 6. The third-order valence-electron chi connectivity index (χ3n) is 3.51.